The second-order valence-corrected chi connectivity index (χ2v) is 7.48. The van der Waals surface area contributed by atoms with Crippen LogP contribution >= 0.6 is 0 Å². The number of amides is 1. The molecule has 6 nitrogen and oxygen atoms in total. The lowest BCUT2D eigenvalue weighted by atomic mass is 9.91. The summed E-state index contributed by atoms with van der Waals surface area (Å²) in [6, 6.07) is 13.6. The minimum absolute atomic E-state index is 0.0365. The van der Waals surface area contributed by atoms with Gasteiger partial charge in [0, 0.05) is 33.6 Å². The zero-order valence-corrected chi connectivity index (χ0v) is 16.5. The van der Waals surface area contributed by atoms with Gasteiger partial charge < -0.3 is 24.8 Å². The van der Waals surface area contributed by atoms with E-state index in [1.807, 2.05) is 36.4 Å². The molecule has 0 aliphatic heterocycles. The first-order chi connectivity index (χ1) is 14.2. The lowest BCUT2D eigenvalue weighted by Gasteiger charge is -2.23. The van der Waals surface area contributed by atoms with Crippen molar-refractivity contribution in [1.29, 1.82) is 0 Å². The fourth-order valence-electron chi connectivity index (χ4n) is 4.30. The Labute approximate surface area is 168 Å². The number of ether oxygens (including phenoxy) is 2. The average Bonchev–Trinajstić information content (AvgIpc) is 3.34. The van der Waals surface area contributed by atoms with Crippen molar-refractivity contribution in [2.45, 2.75) is 25.3 Å². The number of H-pyrrole nitrogens is 2. The van der Waals surface area contributed by atoms with Crippen LogP contribution in [0.1, 0.15) is 40.6 Å². The molecule has 0 spiro atoms. The summed E-state index contributed by atoms with van der Waals surface area (Å²) in [5.74, 6) is 1.50. The number of aromatic amines is 2. The van der Waals surface area contributed by atoms with Crippen molar-refractivity contribution in [2.24, 2.45) is 0 Å². The predicted molar refractivity (Wildman–Crippen MR) is 113 cm³/mol. The van der Waals surface area contributed by atoms with Crippen LogP contribution in [0.4, 0.5) is 0 Å². The lowest BCUT2D eigenvalue weighted by Crippen LogP contribution is -2.31. The van der Waals surface area contributed by atoms with E-state index in [-0.39, 0.29) is 11.9 Å². The van der Waals surface area contributed by atoms with Crippen LogP contribution in [0.3, 0.4) is 0 Å². The number of hydrogen-bond acceptors (Lipinski definition) is 3. The number of hydrogen-bond donors (Lipinski definition) is 3. The Hall–Kier alpha value is -3.41. The van der Waals surface area contributed by atoms with Gasteiger partial charge in [0.1, 0.15) is 17.2 Å². The summed E-state index contributed by atoms with van der Waals surface area (Å²) in [5.41, 5.74) is 4.90. The highest BCUT2D eigenvalue weighted by atomic mass is 16.5. The minimum Gasteiger partial charge on any atom is -0.497 e. The number of carbonyl (C=O) groups excluding carboxylic acids is 1. The summed E-state index contributed by atoms with van der Waals surface area (Å²) in [6.07, 6.45) is 2.95. The van der Waals surface area contributed by atoms with Crippen molar-refractivity contribution < 1.29 is 14.3 Å². The van der Waals surface area contributed by atoms with E-state index in [0.717, 1.165) is 52.9 Å². The van der Waals surface area contributed by atoms with Gasteiger partial charge in [0.15, 0.2) is 0 Å². The Balaban J connectivity index is 1.45. The minimum atomic E-state index is -0.103. The third-order valence-corrected chi connectivity index (χ3v) is 5.79. The molecular weight excluding hydrogens is 366 g/mol. The summed E-state index contributed by atoms with van der Waals surface area (Å²) < 4.78 is 10.6. The summed E-state index contributed by atoms with van der Waals surface area (Å²) in [7, 11) is 3.31. The van der Waals surface area contributed by atoms with E-state index in [9.17, 15) is 4.79 Å². The summed E-state index contributed by atoms with van der Waals surface area (Å²) in [6.45, 7) is 0. The van der Waals surface area contributed by atoms with Crippen molar-refractivity contribution >= 4 is 27.7 Å². The van der Waals surface area contributed by atoms with Crippen LogP contribution < -0.4 is 14.8 Å². The Morgan fingerprint density at radius 1 is 1.00 bits per heavy atom. The molecule has 6 heteroatoms. The highest BCUT2D eigenvalue weighted by Crippen LogP contribution is 2.36. The number of aryl methyl sites for hydroxylation is 1. The number of aromatic nitrogens is 2. The van der Waals surface area contributed by atoms with Crippen LogP contribution in [0.15, 0.2) is 42.5 Å². The molecule has 0 radical (unpaired) electrons. The van der Waals surface area contributed by atoms with Gasteiger partial charge in [0.05, 0.1) is 20.3 Å². The van der Waals surface area contributed by atoms with Gasteiger partial charge in [-0.2, -0.15) is 0 Å². The largest absolute Gasteiger partial charge is 0.497 e. The summed E-state index contributed by atoms with van der Waals surface area (Å²) in [5, 5.41) is 5.37. The highest BCUT2D eigenvalue weighted by molar-refractivity contribution is 5.98. The quantitative estimate of drug-likeness (QED) is 0.482. The zero-order valence-electron chi connectivity index (χ0n) is 16.5. The Kier molecular flexibility index (Phi) is 4.19. The van der Waals surface area contributed by atoms with E-state index in [4.69, 9.17) is 9.47 Å². The molecule has 5 rings (SSSR count). The van der Waals surface area contributed by atoms with Gasteiger partial charge in [0.25, 0.3) is 5.91 Å². The molecular formula is C23H23N3O3. The second kappa shape index (κ2) is 6.88. The number of rotatable bonds is 4. The van der Waals surface area contributed by atoms with E-state index < -0.39 is 0 Å². The normalized spacial score (nSPS) is 16.0. The SMILES string of the molecule is COc1ccc2cc(C(=O)NC3CCCc4c3[nH]c3ccc(OC)cc43)[nH]c2c1. The molecule has 1 atom stereocenters. The predicted octanol–water partition coefficient (Wildman–Crippen LogP) is 4.47. The van der Waals surface area contributed by atoms with Crippen LogP contribution in [0.5, 0.6) is 11.5 Å². The van der Waals surface area contributed by atoms with Gasteiger partial charge in [-0.25, -0.2) is 0 Å². The third kappa shape index (κ3) is 3.01. The van der Waals surface area contributed by atoms with Crippen molar-refractivity contribution in [3.63, 3.8) is 0 Å². The molecule has 2 aromatic carbocycles. The second-order valence-electron chi connectivity index (χ2n) is 7.48. The van der Waals surface area contributed by atoms with Crippen LogP contribution in [0, 0.1) is 0 Å². The summed E-state index contributed by atoms with van der Waals surface area (Å²) >= 11 is 0. The molecule has 29 heavy (non-hydrogen) atoms. The number of benzene rings is 2. The standard InChI is InChI=1S/C23H23N3O3/c1-28-14-8-9-18-17(11-14)16-4-3-5-19(22(16)25-18)26-23(27)21-10-13-6-7-15(29-2)12-20(13)24-21/h6-12,19,24-25H,3-5H2,1-2H3,(H,26,27). The maximum atomic E-state index is 13.0. The number of carbonyl (C=O) groups is 1. The maximum absolute atomic E-state index is 13.0. The molecule has 148 valence electrons. The molecule has 1 amide bonds. The molecule has 4 aromatic rings. The number of nitrogens with one attached hydrogen (secondary N) is 3. The molecule has 0 fully saturated rings. The van der Waals surface area contributed by atoms with Gasteiger partial charge in [-0.15, -0.1) is 0 Å². The fourth-order valence-corrected chi connectivity index (χ4v) is 4.30. The molecule has 2 heterocycles. The van der Waals surface area contributed by atoms with Gasteiger partial charge >= 0.3 is 0 Å². The maximum Gasteiger partial charge on any atom is 0.268 e. The van der Waals surface area contributed by atoms with E-state index in [1.54, 1.807) is 14.2 Å². The van der Waals surface area contributed by atoms with E-state index >= 15 is 0 Å². The topological polar surface area (TPSA) is 79.1 Å². The molecule has 3 N–H and O–H groups in total. The molecule has 0 bridgehead atoms. The van der Waals surface area contributed by atoms with Crippen LogP contribution in [0.25, 0.3) is 21.8 Å². The monoisotopic (exact) mass is 389 g/mol. The van der Waals surface area contributed by atoms with Crippen molar-refractivity contribution in [1.82, 2.24) is 15.3 Å². The first-order valence-electron chi connectivity index (χ1n) is 9.82. The molecule has 0 saturated heterocycles. The van der Waals surface area contributed by atoms with Crippen LogP contribution in [-0.2, 0) is 6.42 Å². The molecule has 1 aliphatic rings. The van der Waals surface area contributed by atoms with Crippen LogP contribution in [0.2, 0.25) is 0 Å². The Morgan fingerprint density at radius 3 is 2.62 bits per heavy atom. The molecule has 2 aromatic heterocycles. The van der Waals surface area contributed by atoms with Gasteiger partial charge in [0.2, 0.25) is 0 Å². The van der Waals surface area contributed by atoms with Crippen LogP contribution in [-0.4, -0.2) is 30.1 Å². The zero-order chi connectivity index (χ0) is 20.0. The van der Waals surface area contributed by atoms with Gasteiger partial charge in [-0.1, -0.05) is 0 Å². The smallest absolute Gasteiger partial charge is 0.268 e. The first-order valence-corrected chi connectivity index (χ1v) is 9.82. The number of methoxy groups -OCH3 is 2. The van der Waals surface area contributed by atoms with Crippen molar-refractivity contribution in [2.75, 3.05) is 14.2 Å². The number of fused-ring (bicyclic) bond motifs is 4. The molecule has 1 unspecified atom stereocenters. The Morgan fingerprint density at radius 2 is 1.79 bits per heavy atom. The highest BCUT2D eigenvalue weighted by Gasteiger charge is 2.26. The first kappa shape index (κ1) is 17.7. The Bertz CT molecular complexity index is 1220. The van der Waals surface area contributed by atoms with E-state index in [2.05, 4.69) is 21.4 Å². The lowest BCUT2D eigenvalue weighted by molar-refractivity contribution is 0.0927. The average molecular weight is 389 g/mol. The van der Waals surface area contributed by atoms with Gasteiger partial charge in [-0.3, -0.25) is 4.79 Å². The summed E-state index contributed by atoms with van der Waals surface area (Å²) in [4.78, 5) is 19.7. The van der Waals surface area contributed by atoms with E-state index in [0.29, 0.717) is 5.69 Å². The van der Waals surface area contributed by atoms with Crippen molar-refractivity contribution in [3.05, 3.63) is 59.4 Å². The fraction of sp³-hybridized carbons (Fsp3) is 0.261. The third-order valence-electron chi connectivity index (χ3n) is 5.79. The van der Waals surface area contributed by atoms with Gasteiger partial charge in [-0.05, 0) is 61.2 Å². The van der Waals surface area contributed by atoms with E-state index in [1.165, 1.54) is 10.9 Å². The molecule has 0 saturated carbocycles. The molecule has 1 aliphatic carbocycles. The van der Waals surface area contributed by atoms with Crippen molar-refractivity contribution in [3.8, 4) is 11.5 Å².